The molecular formula is C7H7N4Y3-. The molecule has 0 unspecified atom stereocenters. The van der Waals surface area contributed by atoms with Crippen molar-refractivity contribution < 1.29 is 98.1 Å². The standard InChI is InChI=1S/C7H7N4.3Y/c1-5-6-7(9-3-8-5)11(2)4-10-6;;;/h4H,1-2H3;;;/q-1;;;. The second kappa shape index (κ2) is 8.03. The first-order chi connectivity index (χ1) is 5.29. The zero-order valence-corrected chi connectivity index (χ0v) is 16.6. The topological polar surface area (TPSA) is 43.6 Å². The van der Waals surface area contributed by atoms with E-state index < -0.39 is 0 Å². The van der Waals surface area contributed by atoms with Crippen molar-refractivity contribution in [2.75, 3.05) is 0 Å². The van der Waals surface area contributed by atoms with Gasteiger partial charge in [0.1, 0.15) is 0 Å². The van der Waals surface area contributed by atoms with Crippen LogP contribution in [0.15, 0.2) is 6.33 Å². The SMILES string of the molecule is Cc1n[c-]nc2c1ncn2C.[Y].[Y].[Y]. The molecule has 0 atom stereocenters. The molecule has 0 spiro atoms. The maximum Gasteiger partial charge on any atom is 0.0832 e. The fourth-order valence-corrected chi connectivity index (χ4v) is 1.01. The van der Waals surface area contributed by atoms with Gasteiger partial charge in [-0.25, -0.2) is 0 Å². The predicted octanol–water partition coefficient (Wildman–Crippen LogP) is 0.464. The minimum atomic E-state index is 0. The molecule has 2 aromatic heterocycles. The quantitative estimate of drug-likeness (QED) is 0.590. The Balaban J connectivity index is 0. The Labute approximate surface area is 158 Å². The summed E-state index contributed by atoms with van der Waals surface area (Å²) >= 11 is 0. The van der Waals surface area contributed by atoms with Crippen LogP contribution in [0.5, 0.6) is 0 Å². The predicted molar refractivity (Wildman–Crippen MR) is 39.9 cm³/mol. The monoisotopic (exact) mass is 414 g/mol. The molecule has 4 nitrogen and oxygen atoms in total. The van der Waals surface area contributed by atoms with Gasteiger partial charge in [0.05, 0.1) is 6.33 Å². The van der Waals surface area contributed by atoms with Crippen LogP contribution >= 0.6 is 0 Å². The Bertz CT molecular complexity index is 401. The Kier molecular flexibility index (Phi) is 10.5. The van der Waals surface area contributed by atoms with Crippen LogP contribution in [0.25, 0.3) is 11.2 Å². The third kappa shape index (κ3) is 3.71. The van der Waals surface area contributed by atoms with E-state index in [1.807, 2.05) is 18.5 Å². The maximum absolute atomic E-state index is 4.14. The molecule has 0 aliphatic rings. The second-order valence-electron chi connectivity index (χ2n) is 2.44. The van der Waals surface area contributed by atoms with Gasteiger partial charge >= 0.3 is 0 Å². The Morgan fingerprint density at radius 2 is 1.86 bits per heavy atom. The van der Waals surface area contributed by atoms with Gasteiger partial charge in [-0.05, 0) is 5.69 Å². The number of hydrogen-bond donors (Lipinski definition) is 0. The van der Waals surface area contributed by atoms with E-state index in [1.54, 1.807) is 6.33 Å². The van der Waals surface area contributed by atoms with Gasteiger partial charge in [-0.2, -0.15) is 0 Å². The first-order valence-electron chi connectivity index (χ1n) is 3.31. The second-order valence-corrected chi connectivity index (χ2v) is 2.44. The summed E-state index contributed by atoms with van der Waals surface area (Å²) in [4.78, 5) is 12.0. The first-order valence-corrected chi connectivity index (χ1v) is 3.31. The maximum atomic E-state index is 4.14. The molecule has 3 radical (unpaired) electrons. The van der Waals surface area contributed by atoms with Crippen LogP contribution in [0.4, 0.5) is 0 Å². The molecule has 2 rings (SSSR count). The van der Waals surface area contributed by atoms with E-state index in [-0.39, 0.29) is 98.1 Å². The van der Waals surface area contributed by atoms with E-state index in [0.717, 1.165) is 16.9 Å². The molecule has 0 aliphatic heterocycles. The largest absolute Gasteiger partial charge is 0.372 e. The van der Waals surface area contributed by atoms with Gasteiger partial charge in [0.15, 0.2) is 0 Å². The molecule has 0 saturated carbocycles. The summed E-state index contributed by atoms with van der Waals surface area (Å²) in [6.45, 7) is 1.90. The molecule has 0 saturated heterocycles. The summed E-state index contributed by atoms with van der Waals surface area (Å²) in [5.74, 6) is 0. The van der Waals surface area contributed by atoms with Crippen LogP contribution < -0.4 is 0 Å². The van der Waals surface area contributed by atoms with E-state index in [0.29, 0.717) is 0 Å². The van der Waals surface area contributed by atoms with Gasteiger partial charge in [0.2, 0.25) is 0 Å². The van der Waals surface area contributed by atoms with Crippen molar-refractivity contribution in [3.8, 4) is 0 Å². The van der Waals surface area contributed by atoms with E-state index in [9.17, 15) is 0 Å². The molecule has 14 heavy (non-hydrogen) atoms. The first kappa shape index (κ1) is 18.2. The van der Waals surface area contributed by atoms with Gasteiger partial charge in [0.25, 0.3) is 0 Å². The van der Waals surface area contributed by atoms with Crippen molar-refractivity contribution in [1.82, 2.24) is 19.5 Å². The fraction of sp³-hybridized carbons (Fsp3) is 0.286. The minimum Gasteiger partial charge on any atom is -0.372 e. The zero-order valence-electron chi connectivity index (χ0n) is 8.10. The summed E-state index contributed by atoms with van der Waals surface area (Å²) in [7, 11) is 1.90. The number of aromatic nitrogens is 4. The van der Waals surface area contributed by atoms with Crippen molar-refractivity contribution in [2.24, 2.45) is 7.05 Å². The Morgan fingerprint density at radius 1 is 1.21 bits per heavy atom. The summed E-state index contributed by atoms with van der Waals surface area (Å²) in [5, 5.41) is 0. The normalized spacial score (nSPS) is 8.43. The van der Waals surface area contributed by atoms with Crippen molar-refractivity contribution in [1.29, 1.82) is 0 Å². The number of imidazole rings is 1. The number of rotatable bonds is 0. The van der Waals surface area contributed by atoms with Gasteiger partial charge in [-0.15, -0.1) is 0 Å². The van der Waals surface area contributed by atoms with Crippen LogP contribution in [0.1, 0.15) is 5.69 Å². The molecular weight excluding hydrogens is 407 g/mol. The summed E-state index contributed by atoms with van der Waals surface area (Å²) in [5.41, 5.74) is 2.55. The summed E-state index contributed by atoms with van der Waals surface area (Å²) in [6, 6.07) is 0. The van der Waals surface area contributed by atoms with E-state index in [1.165, 1.54) is 0 Å². The average molecular weight is 414 g/mol. The molecule has 2 heterocycles. The third-order valence-corrected chi connectivity index (χ3v) is 1.62. The molecule has 0 amide bonds. The van der Waals surface area contributed by atoms with E-state index in [4.69, 9.17) is 0 Å². The van der Waals surface area contributed by atoms with Gasteiger partial charge in [-0.3, -0.25) is 4.98 Å². The zero-order chi connectivity index (χ0) is 7.84. The van der Waals surface area contributed by atoms with E-state index >= 15 is 0 Å². The molecule has 0 bridgehead atoms. The minimum absolute atomic E-state index is 0. The van der Waals surface area contributed by atoms with Crippen LogP contribution in [0, 0.1) is 13.3 Å². The molecule has 0 aromatic carbocycles. The van der Waals surface area contributed by atoms with Crippen molar-refractivity contribution in [3.05, 3.63) is 18.3 Å². The summed E-state index contributed by atoms with van der Waals surface area (Å²) in [6.07, 6.45) is 4.29. The smallest absolute Gasteiger partial charge is 0.0832 e. The summed E-state index contributed by atoms with van der Waals surface area (Å²) < 4.78 is 1.85. The molecule has 0 fully saturated rings. The van der Waals surface area contributed by atoms with Gasteiger partial charge in [0, 0.05) is 123 Å². The Morgan fingerprint density at radius 3 is 2.43 bits per heavy atom. The molecule has 0 N–H and O–H groups in total. The van der Waals surface area contributed by atoms with Crippen molar-refractivity contribution in [2.45, 2.75) is 6.92 Å². The third-order valence-electron chi connectivity index (χ3n) is 1.62. The van der Waals surface area contributed by atoms with Gasteiger partial charge in [-0.1, -0.05) is 6.92 Å². The fourth-order valence-electron chi connectivity index (χ4n) is 1.01. The number of nitrogens with zero attached hydrogens (tertiary/aromatic N) is 4. The van der Waals surface area contributed by atoms with Crippen LogP contribution in [0.2, 0.25) is 0 Å². The number of aryl methyl sites for hydroxylation is 2. The average Bonchev–Trinajstić information content (AvgIpc) is 2.35. The van der Waals surface area contributed by atoms with Crippen LogP contribution in [-0.2, 0) is 105 Å². The molecule has 2 aromatic rings. The number of hydrogen-bond acceptors (Lipinski definition) is 3. The van der Waals surface area contributed by atoms with E-state index in [2.05, 4.69) is 21.3 Å². The van der Waals surface area contributed by atoms with Gasteiger partial charge < -0.3 is 14.5 Å². The number of fused-ring (bicyclic) bond motifs is 1. The van der Waals surface area contributed by atoms with Crippen LogP contribution in [-0.4, -0.2) is 19.5 Å². The van der Waals surface area contributed by atoms with Crippen molar-refractivity contribution in [3.63, 3.8) is 0 Å². The van der Waals surface area contributed by atoms with Crippen LogP contribution in [0.3, 0.4) is 0 Å². The molecule has 65 valence electrons. The molecule has 7 heteroatoms. The Hall–Kier alpha value is 1.86. The van der Waals surface area contributed by atoms with Crippen molar-refractivity contribution >= 4 is 11.2 Å². The molecule has 0 aliphatic carbocycles.